The topological polar surface area (TPSA) is 26.3 Å². The van der Waals surface area contributed by atoms with E-state index in [1.807, 2.05) is 26.6 Å². The molecule has 25 heavy (non-hydrogen) atoms. The molecule has 0 aromatic rings. The SMILES string of the molecule is C/C(=C/CCC(C)CCCC(C)CCCC(C)C)C(=O)O[Si](C)(C)C. The summed E-state index contributed by atoms with van der Waals surface area (Å²) in [5, 5.41) is 0. The van der Waals surface area contributed by atoms with Crippen LogP contribution in [0.4, 0.5) is 0 Å². The van der Waals surface area contributed by atoms with Gasteiger partial charge in [0, 0.05) is 5.57 Å². The first-order valence-corrected chi connectivity index (χ1v) is 13.8. The highest BCUT2D eigenvalue weighted by molar-refractivity contribution is 6.71. The van der Waals surface area contributed by atoms with Crippen LogP contribution in [0.25, 0.3) is 0 Å². The van der Waals surface area contributed by atoms with E-state index >= 15 is 0 Å². The first kappa shape index (κ1) is 24.4. The van der Waals surface area contributed by atoms with Gasteiger partial charge in [0.2, 0.25) is 8.32 Å². The number of hydrogen-bond acceptors (Lipinski definition) is 2. The molecule has 2 nitrogen and oxygen atoms in total. The van der Waals surface area contributed by atoms with Crippen molar-refractivity contribution in [1.82, 2.24) is 0 Å². The van der Waals surface area contributed by atoms with Gasteiger partial charge >= 0.3 is 5.97 Å². The highest BCUT2D eigenvalue weighted by Crippen LogP contribution is 2.21. The Hall–Kier alpha value is -0.573. The van der Waals surface area contributed by atoms with Gasteiger partial charge < -0.3 is 4.43 Å². The van der Waals surface area contributed by atoms with Gasteiger partial charge in [-0.1, -0.05) is 72.3 Å². The number of allylic oxidation sites excluding steroid dienone is 1. The molecule has 0 fully saturated rings. The molecule has 148 valence electrons. The molecule has 0 spiro atoms. The fraction of sp³-hybridized carbons (Fsp3) is 0.864. The van der Waals surface area contributed by atoms with Gasteiger partial charge in [0.1, 0.15) is 0 Å². The van der Waals surface area contributed by atoms with E-state index in [1.165, 1.54) is 44.9 Å². The Morgan fingerprint density at radius 1 is 0.880 bits per heavy atom. The summed E-state index contributed by atoms with van der Waals surface area (Å²) in [4.78, 5) is 12.0. The van der Waals surface area contributed by atoms with E-state index in [0.717, 1.165) is 29.7 Å². The van der Waals surface area contributed by atoms with Gasteiger partial charge in [-0.05, 0) is 57.2 Å². The molecule has 0 bridgehead atoms. The van der Waals surface area contributed by atoms with Crippen molar-refractivity contribution in [1.29, 1.82) is 0 Å². The summed E-state index contributed by atoms with van der Waals surface area (Å²) in [6.07, 6.45) is 12.3. The minimum Gasteiger partial charge on any atom is -0.517 e. The lowest BCUT2D eigenvalue weighted by molar-refractivity contribution is -0.130. The maximum absolute atomic E-state index is 12.0. The van der Waals surface area contributed by atoms with Crippen molar-refractivity contribution in [2.45, 2.75) is 106 Å². The summed E-state index contributed by atoms with van der Waals surface area (Å²) in [6.45, 7) is 17.4. The van der Waals surface area contributed by atoms with Crippen molar-refractivity contribution in [2.24, 2.45) is 17.8 Å². The molecule has 2 unspecified atom stereocenters. The Kier molecular flexibility index (Phi) is 12.4. The van der Waals surface area contributed by atoms with Crippen LogP contribution in [0.5, 0.6) is 0 Å². The summed E-state index contributed by atoms with van der Waals surface area (Å²) in [5.41, 5.74) is 0.772. The Labute approximate surface area is 158 Å². The lowest BCUT2D eigenvalue weighted by Crippen LogP contribution is -2.29. The smallest absolute Gasteiger partial charge is 0.320 e. The van der Waals surface area contributed by atoms with Gasteiger partial charge in [0.25, 0.3) is 0 Å². The van der Waals surface area contributed by atoms with Crippen LogP contribution >= 0.6 is 0 Å². The molecule has 0 saturated carbocycles. The molecule has 0 aliphatic rings. The summed E-state index contributed by atoms with van der Waals surface area (Å²) < 4.78 is 5.53. The van der Waals surface area contributed by atoms with Crippen LogP contribution in [0.1, 0.15) is 86.0 Å². The van der Waals surface area contributed by atoms with Crippen molar-refractivity contribution in [3.63, 3.8) is 0 Å². The highest BCUT2D eigenvalue weighted by atomic mass is 28.4. The first-order chi connectivity index (χ1) is 11.5. The van der Waals surface area contributed by atoms with Crippen LogP contribution in [0.15, 0.2) is 11.6 Å². The van der Waals surface area contributed by atoms with E-state index in [4.69, 9.17) is 4.43 Å². The van der Waals surface area contributed by atoms with Crippen LogP contribution in [0.2, 0.25) is 19.6 Å². The van der Waals surface area contributed by atoms with E-state index in [1.54, 1.807) is 0 Å². The Balaban J connectivity index is 3.87. The second-order valence-electron chi connectivity index (χ2n) is 9.43. The average Bonchev–Trinajstić information content (AvgIpc) is 2.44. The second-order valence-corrected chi connectivity index (χ2v) is 13.9. The van der Waals surface area contributed by atoms with E-state index in [2.05, 4.69) is 33.8 Å². The van der Waals surface area contributed by atoms with E-state index in [0.29, 0.717) is 0 Å². The predicted octanol–water partition coefficient (Wildman–Crippen LogP) is 7.36. The third-order valence-electron chi connectivity index (χ3n) is 4.70. The van der Waals surface area contributed by atoms with Gasteiger partial charge in [-0.2, -0.15) is 0 Å². The van der Waals surface area contributed by atoms with Gasteiger partial charge in [-0.15, -0.1) is 0 Å². The molecule has 0 N–H and O–H groups in total. The van der Waals surface area contributed by atoms with Crippen LogP contribution < -0.4 is 0 Å². The predicted molar refractivity (Wildman–Crippen MR) is 113 cm³/mol. The van der Waals surface area contributed by atoms with Gasteiger partial charge in [-0.3, -0.25) is 0 Å². The zero-order valence-corrected chi connectivity index (χ0v) is 19.3. The second kappa shape index (κ2) is 12.7. The molecular weight excluding hydrogens is 324 g/mol. The average molecular weight is 369 g/mol. The zero-order valence-electron chi connectivity index (χ0n) is 18.3. The Morgan fingerprint density at radius 3 is 1.84 bits per heavy atom. The number of carbonyl (C=O) groups is 1. The molecule has 0 radical (unpaired) electrons. The van der Waals surface area contributed by atoms with Gasteiger partial charge in [0.15, 0.2) is 0 Å². The minimum atomic E-state index is -1.78. The van der Waals surface area contributed by atoms with Crippen molar-refractivity contribution in [2.75, 3.05) is 0 Å². The Morgan fingerprint density at radius 2 is 1.36 bits per heavy atom. The standard InChI is InChI=1S/C22H44O2Si/c1-18(2)12-9-13-19(3)14-10-15-20(4)16-11-17-21(5)22(23)24-25(6,7)8/h17-20H,9-16H2,1-8H3/b21-17-. The molecule has 0 aliphatic heterocycles. The van der Waals surface area contributed by atoms with Crippen molar-refractivity contribution in [3.05, 3.63) is 11.6 Å². The molecule has 2 atom stereocenters. The molecule has 0 aliphatic carbocycles. The van der Waals surface area contributed by atoms with Gasteiger partial charge in [-0.25, -0.2) is 4.79 Å². The molecule has 0 rings (SSSR count). The van der Waals surface area contributed by atoms with E-state index in [-0.39, 0.29) is 5.97 Å². The third-order valence-corrected chi connectivity index (χ3v) is 5.50. The number of rotatable bonds is 13. The van der Waals surface area contributed by atoms with Gasteiger partial charge in [0.05, 0.1) is 0 Å². The van der Waals surface area contributed by atoms with Crippen LogP contribution in [-0.4, -0.2) is 14.3 Å². The minimum absolute atomic E-state index is 0.123. The highest BCUT2D eigenvalue weighted by Gasteiger charge is 2.20. The third kappa shape index (κ3) is 15.4. The quantitative estimate of drug-likeness (QED) is 0.251. The van der Waals surface area contributed by atoms with Crippen LogP contribution in [0.3, 0.4) is 0 Å². The zero-order chi connectivity index (χ0) is 19.5. The molecule has 0 saturated heterocycles. The molecule has 3 heteroatoms. The summed E-state index contributed by atoms with van der Waals surface area (Å²) in [6, 6.07) is 0. The summed E-state index contributed by atoms with van der Waals surface area (Å²) in [5.74, 6) is 2.32. The molecule has 0 aromatic carbocycles. The monoisotopic (exact) mass is 368 g/mol. The lowest BCUT2D eigenvalue weighted by atomic mass is 9.92. The fourth-order valence-electron chi connectivity index (χ4n) is 3.00. The molecular formula is C22H44O2Si. The molecule has 0 aromatic heterocycles. The molecule has 0 amide bonds. The fourth-order valence-corrected chi connectivity index (χ4v) is 3.72. The largest absolute Gasteiger partial charge is 0.517 e. The molecule has 0 heterocycles. The summed E-state index contributed by atoms with van der Waals surface area (Å²) >= 11 is 0. The van der Waals surface area contributed by atoms with Crippen LogP contribution in [0, 0.1) is 17.8 Å². The normalized spacial score (nSPS) is 15.3. The first-order valence-electron chi connectivity index (χ1n) is 10.4. The maximum Gasteiger partial charge on any atom is 0.320 e. The Bertz CT molecular complexity index is 393. The lowest BCUT2D eigenvalue weighted by Gasteiger charge is -2.17. The van der Waals surface area contributed by atoms with Crippen molar-refractivity contribution in [3.8, 4) is 0 Å². The van der Waals surface area contributed by atoms with Crippen molar-refractivity contribution >= 4 is 14.3 Å². The van der Waals surface area contributed by atoms with E-state index < -0.39 is 8.32 Å². The summed E-state index contributed by atoms with van der Waals surface area (Å²) in [7, 11) is -1.78. The number of hydrogen-bond donors (Lipinski definition) is 0. The van der Waals surface area contributed by atoms with Crippen LogP contribution in [-0.2, 0) is 9.22 Å². The van der Waals surface area contributed by atoms with Crippen molar-refractivity contribution < 1.29 is 9.22 Å². The number of carbonyl (C=O) groups excluding carboxylic acids is 1. The maximum atomic E-state index is 12.0. The van der Waals surface area contributed by atoms with E-state index in [9.17, 15) is 4.79 Å².